The lowest BCUT2D eigenvalue weighted by Gasteiger charge is -2.17. The summed E-state index contributed by atoms with van der Waals surface area (Å²) in [5.74, 6) is 0.857. The first-order valence-electron chi connectivity index (χ1n) is 8.29. The molecule has 1 aliphatic rings. The maximum Gasteiger partial charge on any atom is 0.253 e. The molecule has 0 radical (unpaired) electrons. The summed E-state index contributed by atoms with van der Waals surface area (Å²) in [5.41, 5.74) is 2.66. The quantitative estimate of drug-likeness (QED) is 0.872. The zero-order valence-corrected chi connectivity index (χ0v) is 15.0. The molecule has 1 saturated heterocycles. The van der Waals surface area contributed by atoms with Gasteiger partial charge in [-0.3, -0.25) is 4.79 Å². The fraction of sp³-hybridized carbons (Fsp3) is 0.444. The maximum atomic E-state index is 12.5. The van der Waals surface area contributed by atoms with Crippen LogP contribution in [-0.2, 0) is 6.42 Å². The van der Waals surface area contributed by atoms with Crippen LogP contribution in [0.5, 0.6) is 5.75 Å². The van der Waals surface area contributed by atoms with Crippen molar-refractivity contribution in [1.82, 2.24) is 9.88 Å². The molecule has 1 aromatic heterocycles. The molecule has 1 fully saturated rings. The lowest BCUT2D eigenvalue weighted by atomic mass is 10.1. The molecule has 24 heavy (non-hydrogen) atoms. The summed E-state index contributed by atoms with van der Waals surface area (Å²) in [5, 5.41) is 6.55. The number of aryl methyl sites for hydroxylation is 1. The van der Waals surface area contributed by atoms with Crippen LogP contribution in [0, 0.1) is 6.92 Å². The molecule has 1 amide bonds. The molecule has 2 heterocycles. The maximum absolute atomic E-state index is 12.5. The van der Waals surface area contributed by atoms with Gasteiger partial charge in [0.2, 0.25) is 0 Å². The molecule has 6 heteroatoms. The van der Waals surface area contributed by atoms with E-state index in [0.717, 1.165) is 61.0 Å². The van der Waals surface area contributed by atoms with Crippen molar-refractivity contribution in [1.29, 1.82) is 0 Å². The number of rotatable bonds is 6. The van der Waals surface area contributed by atoms with E-state index in [4.69, 9.17) is 4.74 Å². The highest BCUT2D eigenvalue weighted by atomic mass is 32.1. The van der Waals surface area contributed by atoms with E-state index in [1.54, 1.807) is 18.4 Å². The Morgan fingerprint density at radius 2 is 2.17 bits per heavy atom. The van der Waals surface area contributed by atoms with Crippen LogP contribution in [0.1, 0.15) is 33.9 Å². The van der Waals surface area contributed by atoms with E-state index in [1.165, 1.54) is 0 Å². The minimum Gasteiger partial charge on any atom is -0.495 e. The molecule has 0 bridgehead atoms. The summed E-state index contributed by atoms with van der Waals surface area (Å²) < 4.78 is 5.41. The van der Waals surface area contributed by atoms with E-state index >= 15 is 0 Å². The van der Waals surface area contributed by atoms with Crippen LogP contribution in [0.2, 0.25) is 0 Å². The molecule has 0 atom stereocenters. The van der Waals surface area contributed by atoms with E-state index < -0.39 is 0 Å². The summed E-state index contributed by atoms with van der Waals surface area (Å²) in [6.45, 7) is 4.48. The van der Waals surface area contributed by atoms with Gasteiger partial charge in [0.25, 0.3) is 5.91 Å². The summed E-state index contributed by atoms with van der Waals surface area (Å²) in [7, 11) is 1.65. The Labute approximate surface area is 146 Å². The number of likely N-dealkylation sites (tertiary alicyclic amines) is 1. The van der Waals surface area contributed by atoms with E-state index in [9.17, 15) is 4.79 Å². The highest BCUT2D eigenvalue weighted by Crippen LogP contribution is 2.26. The zero-order chi connectivity index (χ0) is 16.9. The van der Waals surface area contributed by atoms with Crippen molar-refractivity contribution in [3.05, 3.63) is 39.8 Å². The highest BCUT2D eigenvalue weighted by molar-refractivity contribution is 7.09. The molecule has 5 nitrogen and oxygen atoms in total. The number of amides is 1. The fourth-order valence-electron chi connectivity index (χ4n) is 2.93. The second-order valence-electron chi connectivity index (χ2n) is 5.95. The monoisotopic (exact) mass is 345 g/mol. The number of benzene rings is 1. The largest absolute Gasteiger partial charge is 0.495 e. The normalized spacial score (nSPS) is 14.0. The SMILES string of the molecule is COc1ccc(C(=O)N2CCCC2)cc1NCCc1csc(C)n1. The number of anilines is 1. The Morgan fingerprint density at radius 3 is 2.83 bits per heavy atom. The second-order valence-corrected chi connectivity index (χ2v) is 7.01. The number of ether oxygens (including phenoxy) is 1. The van der Waals surface area contributed by atoms with Crippen LogP contribution in [-0.4, -0.2) is 42.5 Å². The number of hydrogen-bond acceptors (Lipinski definition) is 5. The lowest BCUT2D eigenvalue weighted by molar-refractivity contribution is 0.0793. The minimum atomic E-state index is 0.105. The molecule has 0 unspecified atom stereocenters. The Kier molecular flexibility index (Phi) is 5.35. The van der Waals surface area contributed by atoms with Crippen LogP contribution >= 0.6 is 11.3 Å². The Balaban J connectivity index is 1.68. The second kappa shape index (κ2) is 7.66. The van der Waals surface area contributed by atoms with Gasteiger partial charge in [-0.1, -0.05) is 0 Å². The van der Waals surface area contributed by atoms with Crippen molar-refractivity contribution >= 4 is 22.9 Å². The summed E-state index contributed by atoms with van der Waals surface area (Å²) in [4.78, 5) is 18.9. The average molecular weight is 345 g/mol. The highest BCUT2D eigenvalue weighted by Gasteiger charge is 2.20. The molecule has 2 aromatic rings. The van der Waals surface area contributed by atoms with Crippen LogP contribution in [0.4, 0.5) is 5.69 Å². The van der Waals surface area contributed by atoms with Crippen LogP contribution < -0.4 is 10.1 Å². The molecule has 1 aliphatic heterocycles. The third-order valence-electron chi connectivity index (χ3n) is 4.20. The predicted octanol–water partition coefficient (Wildman–Crippen LogP) is 3.35. The predicted molar refractivity (Wildman–Crippen MR) is 97.2 cm³/mol. The number of thiazole rings is 1. The average Bonchev–Trinajstić information content (AvgIpc) is 3.26. The molecule has 0 saturated carbocycles. The Hall–Kier alpha value is -2.08. The Morgan fingerprint density at radius 1 is 1.38 bits per heavy atom. The first-order chi connectivity index (χ1) is 11.7. The van der Waals surface area contributed by atoms with Crippen LogP contribution in [0.15, 0.2) is 23.6 Å². The van der Waals surface area contributed by atoms with Gasteiger partial charge in [-0.15, -0.1) is 11.3 Å². The third-order valence-corrected chi connectivity index (χ3v) is 5.03. The topological polar surface area (TPSA) is 54.5 Å². The van der Waals surface area contributed by atoms with E-state index in [1.807, 2.05) is 30.0 Å². The van der Waals surface area contributed by atoms with Gasteiger partial charge in [0, 0.05) is 37.0 Å². The smallest absolute Gasteiger partial charge is 0.253 e. The molecule has 0 spiro atoms. The molecule has 1 N–H and O–H groups in total. The summed E-state index contributed by atoms with van der Waals surface area (Å²) in [6, 6.07) is 5.60. The third kappa shape index (κ3) is 3.87. The van der Waals surface area contributed by atoms with Crippen molar-refractivity contribution in [2.45, 2.75) is 26.2 Å². The van der Waals surface area contributed by atoms with Crippen molar-refractivity contribution < 1.29 is 9.53 Å². The number of aromatic nitrogens is 1. The molecule has 128 valence electrons. The van der Waals surface area contributed by atoms with Crippen LogP contribution in [0.25, 0.3) is 0 Å². The van der Waals surface area contributed by atoms with Gasteiger partial charge in [0.15, 0.2) is 0 Å². The molecular weight excluding hydrogens is 322 g/mol. The van der Waals surface area contributed by atoms with Gasteiger partial charge >= 0.3 is 0 Å². The summed E-state index contributed by atoms with van der Waals surface area (Å²) in [6.07, 6.45) is 3.04. The van der Waals surface area contributed by atoms with Crippen LogP contribution in [0.3, 0.4) is 0 Å². The standard InChI is InChI=1S/C18H23N3O2S/c1-13-20-15(12-24-13)7-8-19-16-11-14(5-6-17(16)23-2)18(22)21-9-3-4-10-21/h5-6,11-12,19H,3-4,7-10H2,1-2H3. The van der Waals surface area contributed by atoms with Gasteiger partial charge in [0.1, 0.15) is 5.75 Å². The van der Waals surface area contributed by atoms with Gasteiger partial charge in [-0.25, -0.2) is 4.98 Å². The first kappa shape index (κ1) is 16.8. The molecule has 3 rings (SSSR count). The molecular formula is C18H23N3O2S. The van der Waals surface area contributed by atoms with Crippen molar-refractivity contribution in [2.24, 2.45) is 0 Å². The van der Waals surface area contributed by atoms with Crippen molar-refractivity contribution in [3.8, 4) is 5.75 Å². The number of nitrogens with zero attached hydrogens (tertiary/aromatic N) is 2. The van der Waals surface area contributed by atoms with E-state index in [2.05, 4.69) is 15.7 Å². The molecule has 1 aromatic carbocycles. The molecule has 0 aliphatic carbocycles. The number of carbonyl (C=O) groups is 1. The van der Waals surface area contributed by atoms with E-state index in [-0.39, 0.29) is 5.91 Å². The van der Waals surface area contributed by atoms with E-state index in [0.29, 0.717) is 5.56 Å². The number of carbonyl (C=O) groups excluding carboxylic acids is 1. The van der Waals surface area contributed by atoms with Gasteiger partial charge in [0.05, 0.1) is 23.5 Å². The first-order valence-corrected chi connectivity index (χ1v) is 9.17. The van der Waals surface area contributed by atoms with Crippen molar-refractivity contribution in [3.63, 3.8) is 0 Å². The van der Waals surface area contributed by atoms with Gasteiger partial charge in [-0.05, 0) is 38.0 Å². The number of nitrogens with one attached hydrogen (secondary N) is 1. The number of hydrogen-bond donors (Lipinski definition) is 1. The number of methoxy groups -OCH3 is 1. The lowest BCUT2D eigenvalue weighted by Crippen LogP contribution is -2.27. The van der Waals surface area contributed by atoms with Gasteiger partial charge < -0.3 is 15.0 Å². The summed E-state index contributed by atoms with van der Waals surface area (Å²) >= 11 is 1.67. The Bertz CT molecular complexity index is 708. The minimum absolute atomic E-state index is 0.105. The fourth-order valence-corrected chi connectivity index (χ4v) is 3.58. The van der Waals surface area contributed by atoms with Crippen molar-refractivity contribution in [2.75, 3.05) is 32.1 Å². The zero-order valence-electron chi connectivity index (χ0n) is 14.2. The van der Waals surface area contributed by atoms with Gasteiger partial charge in [-0.2, -0.15) is 0 Å².